The number of carbonyl (C=O) groups is 1. The summed E-state index contributed by atoms with van der Waals surface area (Å²) in [6, 6.07) is 13.0. The van der Waals surface area contributed by atoms with Crippen molar-refractivity contribution < 1.29 is 9.90 Å². The fourth-order valence-electron chi connectivity index (χ4n) is 4.22. The van der Waals surface area contributed by atoms with Gasteiger partial charge in [-0.3, -0.25) is 9.69 Å². The van der Waals surface area contributed by atoms with Crippen molar-refractivity contribution >= 4 is 40.1 Å². The number of fused-ring (bicyclic) bond motifs is 1. The molecule has 1 amide bonds. The van der Waals surface area contributed by atoms with Gasteiger partial charge in [-0.2, -0.15) is 0 Å². The van der Waals surface area contributed by atoms with Gasteiger partial charge in [0.1, 0.15) is 5.82 Å². The van der Waals surface area contributed by atoms with Crippen LogP contribution in [0.4, 0.5) is 0 Å². The summed E-state index contributed by atoms with van der Waals surface area (Å²) in [5.74, 6) is 0.595. The van der Waals surface area contributed by atoms with E-state index in [9.17, 15) is 9.90 Å². The van der Waals surface area contributed by atoms with Gasteiger partial charge in [0.05, 0.1) is 39.8 Å². The average molecular weight is 461 g/mol. The number of hydrogen-bond acceptors (Lipinski definition) is 4. The molecular weight excluding hydrogens is 435 g/mol. The van der Waals surface area contributed by atoms with Crippen LogP contribution in [0.2, 0.25) is 10.0 Å². The number of carbonyl (C=O) groups excluding carboxylic acids is 1. The van der Waals surface area contributed by atoms with E-state index in [1.807, 2.05) is 41.3 Å². The number of aromatic amines is 1. The van der Waals surface area contributed by atoms with Gasteiger partial charge in [-0.15, -0.1) is 0 Å². The number of nitrogens with zero attached hydrogens (tertiary/aromatic N) is 2. The maximum Gasteiger partial charge on any atom is 0.237 e. The number of aromatic nitrogens is 2. The number of nitrogens with one attached hydrogen (secondary N) is 2. The molecule has 2 atom stereocenters. The zero-order valence-electron chi connectivity index (χ0n) is 17.5. The second kappa shape index (κ2) is 8.79. The fraction of sp³-hybridized carbons (Fsp3) is 0.391. The van der Waals surface area contributed by atoms with Crippen LogP contribution in [0.5, 0.6) is 0 Å². The molecule has 4 rings (SSSR count). The van der Waals surface area contributed by atoms with Crippen LogP contribution in [0.1, 0.15) is 31.7 Å². The highest BCUT2D eigenvalue weighted by Crippen LogP contribution is 2.32. The van der Waals surface area contributed by atoms with Crippen molar-refractivity contribution in [3.8, 4) is 0 Å². The first-order valence-corrected chi connectivity index (χ1v) is 11.1. The van der Waals surface area contributed by atoms with Crippen LogP contribution in [-0.4, -0.2) is 51.1 Å². The van der Waals surface area contributed by atoms with E-state index in [2.05, 4.69) is 29.1 Å². The maximum absolute atomic E-state index is 13.0. The Kier molecular flexibility index (Phi) is 6.26. The zero-order valence-corrected chi connectivity index (χ0v) is 19.0. The minimum Gasteiger partial charge on any atom is -0.392 e. The third kappa shape index (κ3) is 4.88. The number of rotatable bonds is 6. The molecule has 0 aliphatic carbocycles. The Morgan fingerprint density at radius 1 is 1.26 bits per heavy atom. The third-order valence-electron chi connectivity index (χ3n) is 5.85. The number of aliphatic hydroxyl groups is 1. The summed E-state index contributed by atoms with van der Waals surface area (Å²) < 4.78 is 0. The summed E-state index contributed by atoms with van der Waals surface area (Å²) in [6.07, 6.45) is -0.129. The number of H-pyrrole nitrogens is 1. The lowest BCUT2D eigenvalue weighted by molar-refractivity contribution is -0.125. The standard InChI is InChI=1S/C23H26Cl2N4O2/c1-23(2,14-7-8-16(24)17(25)9-14)13-29-12-15(30)10-20(29)22(31)26-11-21-27-18-5-3-4-6-19(18)28-21/h3-9,15,20,30H,10-13H2,1-2H3,(H,26,31)(H,27,28). The third-order valence-corrected chi connectivity index (χ3v) is 6.59. The van der Waals surface area contributed by atoms with E-state index in [-0.39, 0.29) is 11.3 Å². The van der Waals surface area contributed by atoms with Crippen molar-refractivity contribution in [1.29, 1.82) is 0 Å². The SMILES string of the molecule is CC(C)(CN1CC(O)CC1C(=O)NCc1nc2ccccc2[nH]1)c1ccc(Cl)c(Cl)c1. The predicted octanol–water partition coefficient (Wildman–Crippen LogP) is 3.90. The van der Waals surface area contributed by atoms with Crippen molar-refractivity contribution in [2.45, 2.75) is 44.4 Å². The van der Waals surface area contributed by atoms with Crippen molar-refractivity contribution in [1.82, 2.24) is 20.2 Å². The van der Waals surface area contributed by atoms with Crippen LogP contribution in [0.3, 0.4) is 0 Å². The number of para-hydroxylation sites is 2. The second-order valence-electron chi connectivity index (χ2n) is 8.77. The molecule has 1 saturated heterocycles. The Bertz CT molecular complexity index is 1070. The Balaban J connectivity index is 1.43. The van der Waals surface area contributed by atoms with Crippen LogP contribution in [0.15, 0.2) is 42.5 Å². The zero-order chi connectivity index (χ0) is 22.2. The number of imidazole rings is 1. The quantitative estimate of drug-likeness (QED) is 0.520. The molecule has 2 aromatic carbocycles. The first kappa shape index (κ1) is 22.1. The molecule has 6 nitrogen and oxygen atoms in total. The van der Waals surface area contributed by atoms with Gasteiger partial charge in [-0.05, 0) is 36.2 Å². The van der Waals surface area contributed by atoms with Gasteiger partial charge >= 0.3 is 0 Å². The molecule has 0 saturated carbocycles. The molecule has 2 unspecified atom stereocenters. The summed E-state index contributed by atoms with van der Waals surface area (Å²) in [5.41, 5.74) is 2.56. The molecule has 1 fully saturated rings. The molecular formula is C23H26Cl2N4O2. The van der Waals surface area contributed by atoms with E-state index < -0.39 is 12.1 Å². The lowest BCUT2D eigenvalue weighted by Gasteiger charge is -2.33. The summed E-state index contributed by atoms with van der Waals surface area (Å²) in [5, 5.41) is 14.3. The summed E-state index contributed by atoms with van der Waals surface area (Å²) >= 11 is 12.3. The first-order chi connectivity index (χ1) is 14.7. The van der Waals surface area contributed by atoms with Crippen molar-refractivity contribution in [3.63, 3.8) is 0 Å². The van der Waals surface area contributed by atoms with Crippen molar-refractivity contribution in [2.24, 2.45) is 0 Å². The number of halogens is 2. The highest BCUT2D eigenvalue weighted by Gasteiger charge is 2.39. The van der Waals surface area contributed by atoms with Crippen LogP contribution >= 0.6 is 23.2 Å². The van der Waals surface area contributed by atoms with Crippen LogP contribution < -0.4 is 5.32 Å². The van der Waals surface area contributed by atoms with Gasteiger partial charge < -0.3 is 15.4 Å². The first-order valence-electron chi connectivity index (χ1n) is 10.3. The number of hydrogen-bond donors (Lipinski definition) is 3. The molecule has 3 N–H and O–H groups in total. The molecule has 2 heterocycles. The van der Waals surface area contributed by atoms with E-state index in [4.69, 9.17) is 23.2 Å². The van der Waals surface area contributed by atoms with Gasteiger partial charge in [0.2, 0.25) is 5.91 Å². The number of likely N-dealkylation sites (tertiary alicyclic amines) is 1. The minimum atomic E-state index is -0.536. The monoisotopic (exact) mass is 460 g/mol. The molecule has 164 valence electrons. The molecule has 3 aromatic rings. The summed E-state index contributed by atoms with van der Waals surface area (Å²) in [7, 11) is 0. The van der Waals surface area contributed by atoms with E-state index in [1.54, 1.807) is 6.07 Å². The summed E-state index contributed by atoms with van der Waals surface area (Å²) in [4.78, 5) is 22.7. The number of β-amino-alcohol motifs (C(OH)–C–C–N with tert-alkyl or cyclic N) is 1. The molecule has 0 radical (unpaired) electrons. The predicted molar refractivity (Wildman–Crippen MR) is 123 cm³/mol. The Labute approximate surface area is 191 Å². The van der Waals surface area contributed by atoms with Gasteiger partial charge in [-0.25, -0.2) is 4.98 Å². The highest BCUT2D eigenvalue weighted by atomic mass is 35.5. The molecule has 1 aromatic heterocycles. The number of amides is 1. The van der Waals surface area contributed by atoms with E-state index >= 15 is 0 Å². The van der Waals surface area contributed by atoms with E-state index in [1.165, 1.54) is 0 Å². The fourth-order valence-corrected chi connectivity index (χ4v) is 4.52. The number of benzene rings is 2. The lowest BCUT2D eigenvalue weighted by atomic mass is 9.84. The van der Waals surface area contributed by atoms with E-state index in [0.717, 1.165) is 16.6 Å². The van der Waals surface area contributed by atoms with Gasteiger partial charge in [0.25, 0.3) is 0 Å². The number of aliphatic hydroxyl groups excluding tert-OH is 1. The smallest absolute Gasteiger partial charge is 0.237 e. The van der Waals surface area contributed by atoms with Crippen LogP contribution in [-0.2, 0) is 16.8 Å². The summed E-state index contributed by atoms with van der Waals surface area (Å²) in [6.45, 7) is 5.56. The average Bonchev–Trinajstić information content (AvgIpc) is 3.30. The largest absolute Gasteiger partial charge is 0.392 e. The van der Waals surface area contributed by atoms with Crippen LogP contribution in [0.25, 0.3) is 11.0 Å². The Morgan fingerprint density at radius 3 is 2.77 bits per heavy atom. The molecule has 1 aliphatic rings. The molecule has 0 spiro atoms. The van der Waals surface area contributed by atoms with Gasteiger partial charge in [0.15, 0.2) is 0 Å². The molecule has 1 aliphatic heterocycles. The van der Waals surface area contributed by atoms with Crippen molar-refractivity contribution in [2.75, 3.05) is 13.1 Å². The maximum atomic E-state index is 13.0. The second-order valence-corrected chi connectivity index (χ2v) is 9.58. The lowest BCUT2D eigenvalue weighted by Crippen LogP contribution is -2.47. The normalized spacial score (nSPS) is 19.8. The Hall–Kier alpha value is -2.12. The van der Waals surface area contributed by atoms with Crippen molar-refractivity contribution in [3.05, 3.63) is 63.9 Å². The topological polar surface area (TPSA) is 81.2 Å². The Morgan fingerprint density at radius 2 is 2.03 bits per heavy atom. The van der Waals surface area contributed by atoms with Gasteiger partial charge in [-0.1, -0.05) is 55.2 Å². The molecule has 8 heteroatoms. The molecule has 0 bridgehead atoms. The minimum absolute atomic E-state index is 0.109. The highest BCUT2D eigenvalue weighted by molar-refractivity contribution is 6.42. The van der Waals surface area contributed by atoms with E-state index in [0.29, 0.717) is 41.9 Å². The van der Waals surface area contributed by atoms with Crippen LogP contribution in [0, 0.1) is 0 Å². The van der Waals surface area contributed by atoms with Gasteiger partial charge in [0, 0.05) is 18.5 Å². The molecule has 31 heavy (non-hydrogen) atoms.